The van der Waals surface area contributed by atoms with Crippen LogP contribution in [0, 0.1) is 13.8 Å². The second-order valence-corrected chi connectivity index (χ2v) is 4.93. The van der Waals surface area contributed by atoms with Crippen molar-refractivity contribution in [1.82, 2.24) is 14.5 Å². The lowest BCUT2D eigenvalue weighted by atomic mass is 10.1. The van der Waals surface area contributed by atoms with E-state index in [1.807, 2.05) is 44.2 Å². The van der Waals surface area contributed by atoms with E-state index in [9.17, 15) is 4.79 Å². The third-order valence-electron chi connectivity index (χ3n) is 3.60. The van der Waals surface area contributed by atoms with Gasteiger partial charge in [0.1, 0.15) is 0 Å². The van der Waals surface area contributed by atoms with Crippen LogP contribution >= 0.6 is 0 Å². The first-order chi connectivity index (χ1) is 10.2. The number of pyridine rings is 3. The van der Waals surface area contributed by atoms with Crippen LogP contribution in [0.4, 0.5) is 0 Å². The van der Waals surface area contributed by atoms with Crippen LogP contribution in [-0.2, 0) is 0 Å². The number of aryl methyl sites for hydroxylation is 1. The Hall–Kier alpha value is -2.75. The van der Waals surface area contributed by atoms with Crippen molar-refractivity contribution >= 4 is 0 Å². The summed E-state index contributed by atoms with van der Waals surface area (Å²) in [5.74, 6) is 0. The van der Waals surface area contributed by atoms with Gasteiger partial charge in [-0.1, -0.05) is 0 Å². The molecule has 0 aliphatic carbocycles. The van der Waals surface area contributed by atoms with E-state index >= 15 is 0 Å². The van der Waals surface area contributed by atoms with E-state index in [2.05, 4.69) is 9.97 Å². The fourth-order valence-electron chi connectivity index (χ4n) is 2.18. The second-order valence-electron chi connectivity index (χ2n) is 4.93. The van der Waals surface area contributed by atoms with E-state index in [0.717, 1.165) is 28.1 Å². The number of rotatable bonds is 2. The smallest absolute Gasteiger partial charge is 0.258 e. The first-order valence-electron chi connectivity index (χ1n) is 6.72. The van der Waals surface area contributed by atoms with Gasteiger partial charge in [0.2, 0.25) is 0 Å². The van der Waals surface area contributed by atoms with Crippen LogP contribution in [0.3, 0.4) is 0 Å². The minimum Gasteiger partial charge on any atom is -0.284 e. The standard InChI is InChI=1S/C17H15N3O/c1-12-6-10-20(17(21)13(12)2)15-5-9-19-16(11-15)14-3-7-18-8-4-14/h3-11H,1-2H3. The third-order valence-corrected chi connectivity index (χ3v) is 3.60. The summed E-state index contributed by atoms with van der Waals surface area (Å²) in [7, 11) is 0. The number of hydrogen-bond donors (Lipinski definition) is 0. The van der Waals surface area contributed by atoms with Crippen LogP contribution in [0.5, 0.6) is 0 Å². The Morgan fingerprint density at radius 2 is 1.76 bits per heavy atom. The number of nitrogens with zero attached hydrogens (tertiary/aromatic N) is 3. The molecule has 4 heteroatoms. The van der Waals surface area contributed by atoms with Crippen molar-refractivity contribution in [2.45, 2.75) is 13.8 Å². The molecule has 21 heavy (non-hydrogen) atoms. The summed E-state index contributed by atoms with van der Waals surface area (Å²) in [4.78, 5) is 20.7. The van der Waals surface area contributed by atoms with Gasteiger partial charge in [0, 0.05) is 35.9 Å². The lowest BCUT2D eigenvalue weighted by Gasteiger charge is -2.09. The summed E-state index contributed by atoms with van der Waals surface area (Å²) in [5, 5.41) is 0. The average molecular weight is 277 g/mol. The molecule has 0 aliphatic heterocycles. The van der Waals surface area contributed by atoms with Gasteiger partial charge in [-0.05, 0) is 49.7 Å². The highest BCUT2D eigenvalue weighted by Gasteiger charge is 2.06. The van der Waals surface area contributed by atoms with Gasteiger partial charge in [0.25, 0.3) is 5.56 Å². The van der Waals surface area contributed by atoms with Gasteiger partial charge in [-0.2, -0.15) is 0 Å². The van der Waals surface area contributed by atoms with E-state index in [1.54, 1.807) is 29.4 Å². The SMILES string of the molecule is Cc1ccn(-c2ccnc(-c3ccncc3)c2)c(=O)c1C. The minimum atomic E-state index is 0.00174. The van der Waals surface area contributed by atoms with Crippen molar-refractivity contribution < 1.29 is 0 Å². The zero-order valence-electron chi connectivity index (χ0n) is 11.9. The predicted octanol–water partition coefficient (Wildman–Crippen LogP) is 2.91. The van der Waals surface area contributed by atoms with Crippen molar-refractivity contribution in [3.63, 3.8) is 0 Å². The zero-order chi connectivity index (χ0) is 14.8. The maximum Gasteiger partial charge on any atom is 0.258 e. The normalized spacial score (nSPS) is 10.6. The average Bonchev–Trinajstić information content (AvgIpc) is 2.54. The summed E-state index contributed by atoms with van der Waals surface area (Å²) in [6.45, 7) is 3.79. The Bertz CT molecular complexity index is 838. The van der Waals surface area contributed by atoms with E-state index in [4.69, 9.17) is 0 Å². The maximum absolute atomic E-state index is 12.4. The molecule has 0 bridgehead atoms. The van der Waals surface area contributed by atoms with E-state index in [-0.39, 0.29) is 5.56 Å². The lowest BCUT2D eigenvalue weighted by Crippen LogP contribution is -2.20. The molecule has 0 saturated heterocycles. The molecule has 0 spiro atoms. The van der Waals surface area contributed by atoms with Crippen LogP contribution in [0.15, 0.2) is 59.9 Å². The second kappa shape index (κ2) is 5.32. The molecule has 3 rings (SSSR count). The molecule has 0 radical (unpaired) electrons. The summed E-state index contributed by atoms with van der Waals surface area (Å²) < 4.78 is 1.65. The fraction of sp³-hybridized carbons (Fsp3) is 0.118. The Kier molecular flexibility index (Phi) is 3.36. The van der Waals surface area contributed by atoms with Gasteiger partial charge < -0.3 is 0 Å². The van der Waals surface area contributed by atoms with Crippen LogP contribution in [0.1, 0.15) is 11.1 Å². The molecule has 3 aromatic rings. The first-order valence-corrected chi connectivity index (χ1v) is 6.72. The van der Waals surface area contributed by atoms with Crippen LogP contribution < -0.4 is 5.56 Å². The van der Waals surface area contributed by atoms with Crippen LogP contribution in [0.2, 0.25) is 0 Å². The Morgan fingerprint density at radius 3 is 2.52 bits per heavy atom. The molecule has 3 aromatic heterocycles. The lowest BCUT2D eigenvalue weighted by molar-refractivity contribution is 0.956. The molecular weight excluding hydrogens is 262 g/mol. The molecule has 4 nitrogen and oxygen atoms in total. The van der Waals surface area contributed by atoms with Crippen molar-refractivity contribution in [2.75, 3.05) is 0 Å². The highest BCUT2D eigenvalue weighted by molar-refractivity contribution is 5.60. The molecule has 0 N–H and O–H groups in total. The molecule has 0 amide bonds. The fourth-order valence-corrected chi connectivity index (χ4v) is 2.18. The van der Waals surface area contributed by atoms with Crippen molar-refractivity contribution in [3.8, 4) is 16.9 Å². The highest BCUT2D eigenvalue weighted by atomic mass is 16.1. The first kappa shape index (κ1) is 13.2. The van der Waals surface area contributed by atoms with E-state index in [1.165, 1.54) is 0 Å². The molecule has 0 unspecified atom stereocenters. The van der Waals surface area contributed by atoms with Crippen molar-refractivity contribution in [3.05, 3.63) is 76.6 Å². The summed E-state index contributed by atoms with van der Waals surface area (Å²) in [5.41, 5.74) is 4.37. The zero-order valence-corrected chi connectivity index (χ0v) is 11.9. The predicted molar refractivity (Wildman–Crippen MR) is 82.5 cm³/mol. The molecule has 3 heterocycles. The molecular formula is C17H15N3O. The van der Waals surface area contributed by atoms with Crippen molar-refractivity contribution in [1.29, 1.82) is 0 Å². The highest BCUT2D eigenvalue weighted by Crippen LogP contribution is 2.18. The van der Waals surface area contributed by atoms with E-state index < -0.39 is 0 Å². The van der Waals surface area contributed by atoms with Gasteiger partial charge in [-0.15, -0.1) is 0 Å². The summed E-state index contributed by atoms with van der Waals surface area (Å²) >= 11 is 0. The Balaban J connectivity index is 2.13. The minimum absolute atomic E-state index is 0.00174. The molecule has 0 aliphatic rings. The van der Waals surface area contributed by atoms with Crippen molar-refractivity contribution in [2.24, 2.45) is 0 Å². The van der Waals surface area contributed by atoms with Gasteiger partial charge >= 0.3 is 0 Å². The molecule has 0 saturated carbocycles. The quantitative estimate of drug-likeness (QED) is 0.723. The monoisotopic (exact) mass is 277 g/mol. The van der Waals surface area contributed by atoms with Gasteiger partial charge in [0.05, 0.1) is 11.4 Å². The third kappa shape index (κ3) is 2.48. The van der Waals surface area contributed by atoms with Gasteiger partial charge in [0.15, 0.2) is 0 Å². The Labute approximate surface area is 122 Å². The maximum atomic E-state index is 12.4. The van der Waals surface area contributed by atoms with Gasteiger partial charge in [-0.3, -0.25) is 19.3 Å². The summed E-state index contributed by atoms with van der Waals surface area (Å²) in [6.07, 6.45) is 6.97. The molecule has 0 aromatic carbocycles. The molecule has 0 atom stereocenters. The van der Waals surface area contributed by atoms with Gasteiger partial charge in [-0.25, -0.2) is 0 Å². The van der Waals surface area contributed by atoms with E-state index in [0.29, 0.717) is 0 Å². The molecule has 104 valence electrons. The largest absolute Gasteiger partial charge is 0.284 e. The van der Waals surface area contributed by atoms with Crippen LogP contribution in [0.25, 0.3) is 16.9 Å². The number of hydrogen-bond acceptors (Lipinski definition) is 3. The number of aromatic nitrogens is 3. The summed E-state index contributed by atoms with van der Waals surface area (Å²) in [6, 6.07) is 9.49. The topological polar surface area (TPSA) is 47.8 Å². The Morgan fingerprint density at radius 1 is 1.00 bits per heavy atom. The van der Waals surface area contributed by atoms with Crippen LogP contribution in [-0.4, -0.2) is 14.5 Å². The molecule has 0 fully saturated rings.